The molecule has 1 aliphatic carbocycles. The van der Waals surface area contributed by atoms with E-state index in [1.54, 1.807) is 0 Å². The van der Waals surface area contributed by atoms with Gasteiger partial charge in [-0.3, -0.25) is 0 Å². The lowest BCUT2D eigenvalue weighted by Gasteiger charge is -2.25. The molecular weight excluding hydrogens is 380 g/mol. The van der Waals surface area contributed by atoms with Gasteiger partial charge < -0.3 is 9.13 Å². The number of fused-ring (bicyclic) bond motifs is 3. The highest BCUT2D eigenvalue weighted by Crippen LogP contribution is 2.34. The Morgan fingerprint density at radius 1 is 0.710 bits per heavy atom. The van der Waals surface area contributed by atoms with Crippen molar-refractivity contribution >= 4 is 21.8 Å². The lowest BCUT2D eigenvalue weighted by molar-refractivity contribution is 0.350. The predicted octanol–water partition coefficient (Wildman–Crippen LogP) is 6.86. The summed E-state index contributed by atoms with van der Waals surface area (Å²) >= 11 is 0. The highest BCUT2D eigenvalue weighted by Gasteiger charge is 2.22. The second kappa shape index (κ2) is 7.38. The van der Waals surface area contributed by atoms with Crippen LogP contribution in [0.1, 0.15) is 44.0 Å². The van der Waals surface area contributed by atoms with Gasteiger partial charge in [-0.25, -0.2) is 0 Å². The molecule has 2 heterocycles. The first kappa shape index (κ1) is 18.4. The number of para-hydroxylation sites is 2. The Morgan fingerprint density at radius 3 is 1.97 bits per heavy atom. The van der Waals surface area contributed by atoms with Crippen LogP contribution in [0.15, 0.2) is 72.8 Å². The standard InChI is InChI=1S/C27H26N4/c1-19-28-29-27(30(19)21-9-3-2-4-10-21)20-15-17-22(18-16-20)31-25-13-7-5-11-23(25)24-12-6-8-14-26(24)31/h5-8,11-18,21H,2-4,9-10H2,1H3. The van der Waals surface area contributed by atoms with Gasteiger partial charge in [-0.1, -0.05) is 55.7 Å². The fourth-order valence-electron chi connectivity index (χ4n) is 5.30. The van der Waals surface area contributed by atoms with Crippen molar-refractivity contribution in [2.75, 3.05) is 0 Å². The maximum atomic E-state index is 4.56. The molecule has 154 valence electrons. The highest BCUT2D eigenvalue weighted by atomic mass is 15.3. The van der Waals surface area contributed by atoms with Crippen LogP contribution in [0, 0.1) is 6.92 Å². The molecule has 0 aliphatic heterocycles. The number of aromatic nitrogens is 4. The summed E-state index contributed by atoms with van der Waals surface area (Å²) in [4.78, 5) is 0. The zero-order valence-corrected chi connectivity index (χ0v) is 17.8. The van der Waals surface area contributed by atoms with Crippen molar-refractivity contribution in [2.45, 2.75) is 45.1 Å². The summed E-state index contributed by atoms with van der Waals surface area (Å²) in [5.41, 5.74) is 4.77. The van der Waals surface area contributed by atoms with E-state index in [0.29, 0.717) is 6.04 Å². The zero-order valence-electron chi connectivity index (χ0n) is 17.8. The fourth-order valence-corrected chi connectivity index (χ4v) is 5.30. The third kappa shape index (κ3) is 2.97. The van der Waals surface area contributed by atoms with Gasteiger partial charge in [-0.05, 0) is 56.2 Å². The maximum Gasteiger partial charge on any atom is 0.164 e. The van der Waals surface area contributed by atoms with E-state index < -0.39 is 0 Å². The summed E-state index contributed by atoms with van der Waals surface area (Å²) < 4.78 is 4.72. The summed E-state index contributed by atoms with van der Waals surface area (Å²) in [7, 11) is 0. The molecule has 5 aromatic rings. The average Bonchev–Trinajstić information content (AvgIpc) is 3.38. The molecule has 0 atom stereocenters. The van der Waals surface area contributed by atoms with Gasteiger partial charge in [0, 0.05) is 28.1 Å². The largest absolute Gasteiger partial charge is 0.309 e. The molecule has 0 N–H and O–H groups in total. The molecule has 0 radical (unpaired) electrons. The quantitative estimate of drug-likeness (QED) is 0.328. The molecule has 1 fully saturated rings. The van der Waals surface area contributed by atoms with Gasteiger partial charge in [0.25, 0.3) is 0 Å². The minimum Gasteiger partial charge on any atom is -0.309 e. The van der Waals surface area contributed by atoms with E-state index in [0.717, 1.165) is 17.2 Å². The zero-order chi connectivity index (χ0) is 20.8. The molecule has 1 aliphatic rings. The molecule has 0 spiro atoms. The molecule has 0 saturated heterocycles. The smallest absolute Gasteiger partial charge is 0.164 e. The van der Waals surface area contributed by atoms with E-state index >= 15 is 0 Å². The molecule has 2 aromatic heterocycles. The molecular formula is C27H26N4. The van der Waals surface area contributed by atoms with Gasteiger partial charge in [0.1, 0.15) is 5.82 Å². The number of benzene rings is 3. The molecule has 31 heavy (non-hydrogen) atoms. The third-order valence-corrected chi connectivity index (χ3v) is 6.77. The van der Waals surface area contributed by atoms with E-state index in [-0.39, 0.29) is 0 Å². The molecule has 6 rings (SSSR count). The van der Waals surface area contributed by atoms with Crippen molar-refractivity contribution in [2.24, 2.45) is 0 Å². The third-order valence-electron chi connectivity index (χ3n) is 6.77. The van der Waals surface area contributed by atoms with Gasteiger partial charge in [0.2, 0.25) is 0 Å². The van der Waals surface area contributed by atoms with Crippen molar-refractivity contribution in [1.29, 1.82) is 0 Å². The Hall–Kier alpha value is -3.40. The minimum absolute atomic E-state index is 0.524. The maximum absolute atomic E-state index is 4.56. The van der Waals surface area contributed by atoms with Crippen molar-refractivity contribution in [3.8, 4) is 17.1 Å². The van der Waals surface area contributed by atoms with Crippen LogP contribution in [0.4, 0.5) is 0 Å². The second-order valence-electron chi connectivity index (χ2n) is 8.65. The van der Waals surface area contributed by atoms with E-state index in [1.165, 1.54) is 59.6 Å². The first-order valence-corrected chi connectivity index (χ1v) is 11.3. The minimum atomic E-state index is 0.524. The second-order valence-corrected chi connectivity index (χ2v) is 8.65. The van der Waals surface area contributed by atoms with Gasteiger partial charge in [0.15, 0.2) is 5.82 Å². The van der Waals surface area contributed by atoms with Crippen LogP contribution in [0.5, 0.6) is 0 Å². The number of aryl methyl sites for hydroxylation is 1. The van der Waals surface area contributed by atoms with Crippen molar-refractivity contribution < 1.29 is 0 Å². The molecule has 4 heteroatoms. The van der Waals surface area contributed by atoms with Gasteiger partial charge in [-0.2, -0.15) is 0 Å². The number of nitrogens with zero attached hydrogens (tertiary/aromatic N) is 4. The van der Waals surface area contributed by atoms with Crippen LogP contribution in [-0.4, -0.2) is 19.3 Å². The van der Waals surface area contributed by atoms with E-state index in [4.69, 9.17) is 0 Å². The topological polar surface area (TPSA) is 35.6 Å². The first-order chi connectivity index (χ1) is 15.3. The van der Waals surface area contributed by atoms with Crippen molar-refractivity contribution in [1.82, 2.24) is 19.3 Å². The Kier molecular flexibility index (Phi) is 4.37. The van der Waals surface area contributed by atoms with Crippen LogP contribution in [0.3, 0.4) is 0 Å². The summed E-state index contributed by atoms with van der Waals surface area (Å²) in [6.07, 6.45) is 6.40. The molecule has 3 aromatic carbocycles. The Morgan fingerprint density at radius 2 is 1.32 bits per heavy atom. The lowest BCUT2D eigenvalue weighted by Crippen LogP contribution is -2.15. The lowest BCUT2D eigenvalue weighted by atomic mass is 9.95. The van der Waals surface area contributed by atoms with Crippen molar-refractivity contribution in [3.63, 3.8) is 0 Å². The summed E-state index contributed by atoms with van der Waals surface area (Å²) in [5.74, 6) is 2.02. The highest BCUT2D eigenvalue weighted by molar-refractivity contribution is 6.09. The van der Waals surface area contributed by atoms with Crippen LogP contribution in [0.25, 0.3) is 38.9 Å². The molecule has 0 amide bonds. The van der Waals surface area contributed by atoms with Crippen LogP contribution >= 0.6 is 0 Å². The van der Waals surface area contributed by atoms with Crippen molar-refractivity contribution in [3.05, 3.63) is 78.6 Å². The first-order valence-electron chi connectivity index (χ1n) is 11.3. The van der Waals surface area contributed by atoms with Gasteiger partial charge in [-0.15, -0.1) is 10.2 Å². The molecule has 0 bridgehead atoms. The van der Waals surface area contributed by atoms with Crippen LogP contribution in [0.2, 0.25) is 0 Å². The summed E-state index contributed by atoms with van der Waals surface area (Å²) in [5, 5.41) is 11.6. The summed E-state index contributed by atoms with van der Waals surface area (Å²) in [6, 6.07) is 26.6. The SMILES string of the molecule is Cc1nnc(-c2ccc(-n3c4ccccc4c4ccccc43)cc2)n1C1CCCCC1. The molecule has 1 saturated carbocycles. The molecule has 0 unspecified atom stereocenters. The molecule has 4 nitrogen and oxygen atoms in total. The van der Waals surface area contributed by atoms with E-state index in [2.05, 4.69) is 99.1 Å². The Balaban J connectivity index is 1.45. The fraction of sp³-hybridized carbons (Fsp3) is 0.259. The normalized spacial score (nSPS) is 15.1. The number of hydrogen-bond donors (Lipinski definition) is 0. The van der Waals surface area contributed by atoms with Crippen LogP contribution < -0.4 is 0 Å². The van der Waals surface area contributed by atoms with E-state index in [9.17, 15) is 0 Å². The van der Waals surface area contributed by atoms with Crippen LogP contribution in [-0.2, 0) is 0 Å². The average molecular weight is 407 g/mol. The number of hydrogen-bond acceptors (Lipinski definition) is 2. The monoisotopic (exact) mass is 406 g/mol. The number of rotatable bonds is 3. The Labute approximate surface area is 182 Å². The Bertz CT molecular complexity index is 1310. The van der Waals surface area contributed by atoms with Gasteiger partial charge >= 0.3 is 0 Å². The summed E-state index contributed by atoms with van der Waals surface area (Å²) in [6.45, 7) is 2.08. The van der Waals surface area contributed by atoms with E-state index in [1.807, 2.05) is 0 Å². The predicted molar refractivity (Wildman–Crippen MR) is 127 cm³/mol. The van der Waals surface area contributed by atoms with Gasteiger partial charge in [0.05, 0.1) is 11.0 Å².